The summed E-state index contributed by atoms with van der Waals surface area (Å²) in [5, 5.41) is 10.0. The van der Waals surface area contributed by atoms with Crippen molar-refractivity contribution in [3.05, 3.63) is 48.3 Å². The summed E-state index contributed by atoms with van der Waals surface area (Å²) in [6.45, 7) is 7.87. The Morgan fingerprint density at radius 3 is 2.81 bits per heavy atom. The molecule has 1 heterocycles. The topological polar surface area (TPSA) is 32.7 Å². The summed E-state index contributed by atoms with van der Waals surface area (Å²) in [4.78, 5) is 2.22. The van der Waals surface area contributed by atoms with Crippen molar-refractivity contribution in [2.24, 2.45) is 0 Å². The van der Waals surface area contributed by atoms with Crippen molar-refractivity contribution >= 4 is 0 Å². The van der Waals surface area contributed by atoms with Crippen LogP contribution in [0.5, 0.6) is 0 Å². The first kappa shape index (κ1) is 16.1. The lowest BCUT2D eigenvalue weighted by molar-refractivity contribution is -0.0870. The van der Waals surface area contributed by atoms with Gasteiger partial charge in [-0.3, -0.25) is 4.90 Å². The van der Waals surface area contributed by atoms with Crippen LogP contribution in [0, 0.1) is 5.82 Å². The van der Waals surface area contributed by atoms with E-state index in [4.69, 9.17) is 4.74 Å². The monoisotopic (exact) mass is 293 g/mol. The summed E-state index contributed by atoms with van der Waals surface area (Å²) in [7, 11) is 0. The van der Waals surface area contributed by atoms with E-state index in [9.17, 15) is 9.50 Å². The lowest BCUT2D eigenvalue weighted by Gasteiger charge is -2.37. The van der Waals surface area contributed by atoms with Crippen LogP contribution in [0.2, 0.25) is 0 Å². The number of halogens is 1. The van der Waals surface area contributed by atoms with Crippen LogP contribution in [-0.4, -0.2) is 41.8 Å². The molecule has 1 aromatic carbocycles. The highest BCUT2D eigenvalue weighted by Gasteiger charge is 2.27. The number of aliphatic hydroxyl groups is 1. The van der Waals surface area contributed by atoms with Crippen LogP contribution >= 0.6 is 0 Å². The Bertz CT molecular complexity index is 449. The third kappa shape index (κ3) is 4.92. The van der Waals surface area contributed by atoms with Gasteiger partial charge in [0.15, 0.2) is 0 Å². The lowest BCUT2D eigenvalue weighted by atomic mass is 10.1. The zero-order chi connectivity index (χ0) is 15.2. The van der Waals surface area contributed by atoms with Gasteiger partial charge in [0.2, 0.25) is 0 Å². The molecule has 3 atom stereocenters. The van der Waals surface area contributed by atoms with Gasteiger partial charge in [0, 0.05) is 19.6 Å². The molecule has 4 heteroatoms. The van der Waals surface area contributed by atoms with E-state index in [-0.39, 0.29) is 24.1 Å². The number of benzene rings is 1. The van der Waals surface area contributed by atoms with Gasteiger partial charge in [-0.25, -0.2) is 4.39 Å². The van der Waals surface area contributed by atoms with Crippen LogP contribution in [0.25, 0.3) is 0 Å². The molecule has 1 aliphatic rings. The number of rotatable bonds is 6. The highest BCUT2D eigenvalue weighted by molar-refractivity contribution is 5.19. The number of nitrogens with zero attached hydrogens (tertiary/aromatic N) is 1. The van der Waals surface area contributed by atoms with Gasteiger partial charge in [0.05, 0.1) is 18.3 Å². The molecule has 0 radical (unpaired) electrons. The Hall–Kier alpha value is -1.23. The van der Waals surface area contributed by atoms with Crippen molar-refractivity contribution in [3.63, 3.8) is 0 Å². The van der Waals surface area contributed by atoms with Crippen molar-refractivity contribution in [1.29, 1.82) is 0 Å². The Morgan fingerprint density at radius 1 is 1.43 bits per heavy atom. The maximum atomic E-state index is 13.0. The highest BCUT2D eigenvalue weighted by Crippen LogP contribution is 2.25. The smallest absolute Gasteiger partial charge is 0.123 e. The second kappa shape index (κ2) is 7.69. The minimum atomic E-state index is -0.345. The summed E-state index contributed by atoms with van der Waals surface area (Å²) in [5.74, 6) is -0.237. The predicted octanol–water partition coefficient (Wildman–Crippen LogP) is 2.91. The van der Waals surface area contributed by atoms with Crippen LogP contribution < -0.4 is 0 Å². The minimum absolute atomic E-state index is 0.0686. The molecule has 3 unspecified atom stereocenters. The quantitative estimate of drug-likeness (QED) is 0.819. The lowest BCUT2D eigenvalue weighted by Crippen LogP contribution is -2.45. The number of morpholine rings is 1. The number of hydrogen-bond donors (Lipinski definition) is 1. The number of aliphatic hydroxyl groups excluding tert-OH is 1. The predicted molar refractivity (Wildman–Crippen MR) is 81.6 cm³/mol. The molecular weight excluding hydrogens is 269 g/mol. The van der Waals surface area contributed by atoms with Gasteiger partial charge in [-0.2, -0.15) is 0 Å². The molecule has 1 N–H and O–H groups in total. The molecule has 0 bridgehead atoms. The van der Waals surface area contributed by atoms with Gasteiger partial charge < -0.3 is 9.84 Å². The SMILES string of the molecule is C=CCCC(O)CN1CC(C)OC(c2ccc(F)cc2)C1. The van der Waals surface area contributed by atoms with Gasteiger partial charge in [-0.1, -0.05) is 18.2 Å². The summed E-state index contributed by atoms with van der Waals surface area (Å²) in [6.07, 6.45) is 3.06. The Balaban J connectivity index is 1.95. The Kier molecular flexibility index (Phi) is 5.91. The maximum Gasteiger partial charge on any atom is 0.123 e. The minimum Gasteiger partial charge on any atom is -0.392 e. The Morgan fingerprint density at radius 2 is 2.14 bits per heavy atom. The standard InChI is InChI=1S/C17H24FNO2/c1-3-4-5-16(20)11-19-10-13(2)21-17(12-19)14-6-8-15(18)9-7-14/h3,6-9,13,16-17,20H,1,4-5,10-12H2,2H3. The zero-order valence-electron chi connectivity index (χ0n) is 12.5. The van der Waals surface area contributed by atoms with Gasteiger partial charge in [-0.15, -0.1) is 6.58 Å². The number of ether oxygens (including phenoxy) is 1. The van der Waals surface area contributed by atoms with E-state index in [0.717, 1.165) is 31.5 Å². The van der Waals surface area contributed by atoms with E-state index in [2.05, 4.69) is 11.5 Å². The van der Waals surface area contributed by atoms with Crippen molar-refractivity contribution in [2.45, 2.75) is 38.1 Å². The first-order chi connectivity index (χ1) is 10.1. The summed E-state index contributed by atoms with van der Waals surface area (Å²) in [6, 6.07) is 6.46. The van der Waals surface area contributed by atoms with Gasteiger partial charge >= 0.3 is 0 Å². The van der Waals surface area contributed by atoms with E-state index in [0.29, 0.717) is 6.54 Å². The van der Waals surface area contributed by atoms with E-state index in [1.165, 1.54) is 12.1 Å². The average molecular weight is 293 g/mol. The molecule has 0 spiro atoms. The molecule has 0 amide bonds. The molecule has 0 aromatic heterocycles. The molecular formula is C17H24FNO2. The maximum absolute atomic E-state index is 13.0. The third-order valence-corrected chi connectivity index (χ3v) is 3.75. The zero-order valence-corrected chi connectivity index (χ0v) is 12.5. The molecule has 116 valence electrons. The van der Waals surface area contributed by atoms with Crippen LogP contribution in [0.3, 0.4) is 0 Å². The van der Waals surface area contributed by atoms with Gasteiger partial charge in [0.1, 0.15) is 5.82 Å². The number of allylic oxidation sites excluding steroid dienone is 1. The first-order valence-corrected chi connectivity index (χ1v) is 7.50. The van der Waals surface area contributed by atoms with Crippen molar-refractivity contribution in [2.75, 3.05) is 19.6 Å². The molecule has 0 saturated carbocycles. The summed E-state index contributed by atoms with van der Waals surface area (Å²) < 4.78 is 18.9. The normalized spacial score (nSPS) is 24.7. The first-order valence-electron chi connectivity index (χ1n) is 7.50. The number of hydrogen-bond acceptors (Lipinski definition) is 3. The van der Waals surface area contributed by atoms with Crippen LogP contribution in [0.1, 0.15) is 31.4 Å². The fourth-order valence-electron chi connectivity index (χ4n) is 2.75. The molecule has 1 aromatic rings. The van der Waals surface area contributed by atoms with Crippen molar-refractivity contribution in [1.82, 2.24) is 4.90 Å². The summed E-state index contributed by atoms with van der Waals surface area (Å²) >= 11 is 0. The fraction of sp³-hybridized carbons (Fsp3) is 0.529. The second-order valence-corrected chi connectivity index (χ2v) is 5.73. The molecule has 1 saturated heterocycles. The Labute approximate surface area is 126 Å². The van der Waals surface area contributed by atoms with Crippen LogP contribution in [0.15, 0.2) is 36.9 Å². The van der Waals surface area contributed by atoms with E-state index < -0.39 is 0 Å². The van der Waals surface area contributed by atoms with Crippen molar-refractivity contribution in [3.8, 4) is 0 Å². The molecule has 0 aliphatic carbocycles. The largest absolute Gasteiger partial charge is 0.392 e. The fourth-order valence-corrected chi connectivity index (χ4v) is 2.75. The van der Waals surface area contributed by atoms with Crippen molar-refractivity contribution < 1.29 is 14.2 Å². The van der Waals surface area contributed by atoms with Crippen LogP contribution in [0.4, 0.5) is 4.39 Å². The van der Waals surface area contributed by atoms with Crippen LogP contribution in [-0.2, 0) is 4.74 Å². The van der Waals surface area contributed by atoms with Gasteiger partial charge in [0.25, 0.3) is 0 Å². The third-order valence-electron chi connectivity index (χ3n) is 3.75. The average Bonchev–Trinajstić information content (AvgIpc) is 2.45. The van der Waals surface area contributed by atoms with Gasteiger partial charge in [-0.05, 0) is 37.5 Å². The second-order valence-electron chi connectivity index (χ2n) is 5.73. The molecule has 21 heavy (non-hydrogen) atoms. The molecule has 1 aliphatic heterocycles. The van der Waals surface area contributed by atoms with E-state index >= 15 is 0 Å². The molecule has 3 nitrogen and oxygen atoms in total. The van der Waals surface area contributed by atoms with E-state index in [1.807, 2.05) is 13.0 Å². The molecule has 1 fully saturated rings. The number of β-amino-alcohol motifs (C(OH)–C–C–N with tert-alkyl or cyclic N) is 1. The molecule has 2 rings (SSSR count). The summed E-state index contributed by atoms with van der Waals surface area (Å²) in [5.41, 5.74) is 0.980. The van der Waals surface area contributed by atoms with E-state index in [1.54, 1.807) is 12.1 Å². The highest BCUT2D eigenvalue weighted by atomic mass is 19.1.